The summed E-state index contributed by atoms with van der Waals surface area (Å²) in [4.78, 5) is 15.5. The molecule has 1 unspecified atom stereocenters. The summed E-state index contributed by atoms with van der Waals surface area (Å²) in [6.45, 7) is 11.3. The second kappa shape index (κ2) is 10.1. The average Bonchev–Trinajstić information content (AvgIpc) is 3.28. The van der Waals surface area contributed by atoms with Crippen molar-refractivity contribution >= 4 is 41.3 Å². The summed E-state index contributed by atoms with van der Waals surface area (Å²) in [7, 11) is 1.90. The van der Waals surface area contributed by atoms with E-state index in [1.807, 2.05) is 18.4 Å². The van der Waals surface area contributed by atoms with E-state index in [9.17, 15) is 0 Å². The number of halogens is 1. The number of hydrogen-bond acceptors (Lipinski definition) is 4. The third-order valence-electron chi connectivity index (χ3n) is 5.15. The number of nitrogens with zero attached hydrogens (tertiary/aromatic N) is 4. The molecule has 7 heteroatoms. The highest BCUT2D eigenvalue weighted by Gasteiger charge is 2.27. The number of aliphatic imine (C=N–C) groups is 1. The summed E-state index contributed by atoms with van der Waals surface area (Å²) in [6, 6.07) is 0. The van der Waals surface area contributed by atoms with E-state index < -0.39 is 0 Å². The van der Waals surface area contributed by atoms with Crippen molar-refractivity contribution in [1.82, 2.24) is 20.1 Å². The van der Waals surface area contributed by atoms with E-state index >= 15 is 0 Å². The second-order valence-corrected chi connectivity index (χ2v) is 8.36. The van der Waals surface area contributed by atoms with Crippen molar-refractivity contribution in [2.75, 3.05) is 46.3 Å². The van der Waals surface area contributed by atoms with Crippen molar-refractivity contribution in [1.29, 1.82) is 0 Å². The van der Waals surface area contributed by atoms with E-state index in [-0.39, 0.29) is 24.0 Å². The van der Waals surface area contributed by atoms with Crippen LogP contribution in [0.1, 0.15) is 34.8 Å². The first-order chi connectivity index (χ1) is 11.7. The SMILES string of the molecule is CN=C(NCCc1sc(C)nc1C)N1CCC(CN2CCCC2)C1.I. The Morgan fingerprint density at radius 3 is 2.68 bits per heavy atom. The highest BCUT2D eigenvalue weighted by atomic mass is 127. The van der Waals surface area contributed by atoms with Gasteiger partial charge >= 0.3 is 0 Å². The molecule has 2 aliphatic rings. The fourth-order valence-corrected chi connectivity index (χ4v) is 4.87. The Morgan fingerprint density at radius 2 is 2.04 bits per heavy atom. The van der Waals surface area contributed by atoms with Crippen LogP contribution in [0.4, 0.5) is 0 Å². The number of rotatable bonds is 5. The van der Waals surface area contributed by atoms with E-state index in [2.05, 4.69) is 38.9 Å². The lowest BCUT2D eigenvalue weighted by molar-refractivity contribution is 0.281. The molecule has 3 heterocycles. The molecule has 1 aromatic heterocycles. The minimum atomic E-state index is 0. The van der Waals surface area contributed by atoms with Crippen LogP contribution in [0.3, 0.4) is 0 Å². The normalized spacial score (nSPS) is 21.6. The summed E-state index contributed by atoms with van der Waals surface area (Å²) < 4.78 is 0. The molecule has 0 saturated carbocycles. The maximum atomic E-state index is 4.51. The number of hydrogen-bond donors (Lipinski definition) is 1. The molecule has 0 radical (unpaired) electrons. The first-order valence-electron chi connectivity index (χ1n) is 9.26. The van der Waals surface area contributed by atoms with Gasteiger partial charge in [-0.05, 0) is 52.1 Å². The Bertz CT molecular complexity index is 568. The van der Waals surface area contributed by atoms with Gasteiger partial charge in [0.2, 0.25) is 0 Å². The van der Waals surface area contributed by atoms with Crippen LogP contribution in [0.25, 0.3) is 0 Å². The van der Waals surface area contributed by atoms with Crippen LogP contribution in [0, 0.1) is 19.8 Å². The van der Waals surface area contributed by atoms with E-state index in [4.69, 9.17) is 0 Å². The lowest BCUT2D eigenvalue weighted by Crippen LogP contribution is -2.41. The van der Waals surface area contributed by atoms with Gasteiger partial charge in [-0.25, -0.2) is 4.98 Å². The van der Waals surface area contributed by atoms with Gasteiger partial charge in [-0.1, -0.05) is 0 Å². The van der Waals surface area contributed by atoms with Crippen molar-refractivity contribution < 1.29 is 0 Å². The molecular weight excluding hydrogens is 445 g/mol. The molecule has 2 aliphatic heterocycles. The van der Waals surface area contributed by atoms with Gasteiger partial charge in [-0.2, -0.15) is 0 Å². The van der Waals surface area contributed by atoms with E-state index in [0.717, 1.165) is 42.9 Å². The minimum Gasteiger partial charge on any atom is -0.356 e. The van der Waals surface area contributed by atoms with Crippen LogP contribution in [0.5, 0.6) is 0 Å². The van der Waals surface area contributed by atoms with Crippen molar-refractivity contribution in [2.45, 2.75) is 39.5 Å². The maximum absolute atomic E-state index is 4.51. The molecule has 0 aromatic carbocycles. The number of aromatic nitrogens is 1. The highest BCUT2D eigenvalue weighted by Crippen LogP contribution is 2.20. The molecule has 0 bridgehead atoms. The largest absolute Gasteiger partial charge is 0.356 e. The van der Waals surface area contributed by atoms with Gasteiger partial charge in [0.25, 0.3) is 0 Å². The molecule has 1 N–H and O–H groups in total. The maximum Gasteiger partial charge on any atom is 0.193 e. The summed E-state index contributed by atoms with van der Waals surface area (Å²) in [5.41, 5.74) is 1.18. The van der Waals surface area contributed by atoms with Crippen molar-refractivity contribution in [3.8, 4) is 0 Å². The molecule has 142 valence electrons. The monoisotopic (exact) mass is 477 g/mol. The number of aryl methyl sites for hydroxylation is 2. The summed E-state index contributed by atoms with van der Waals surface area (Å²) >= 11 is 1.81. The smallest absolute Gasteiger partial charge is 0.193 e. The van der Waals surface area contributed by atoms with E-state index in [1.54, 1.807) is 0 Å². The standard InChI is InChI=1S/C18H31N5S.HI/c1-14-17(24-15(2)21-14)6-8-20-18(19-3)23-11-7-16(13-23)12-22-9-4-5-10-22;/h16H,4-13H2,1-3H3,(H,19,20);1H. The number of nitrogens with one attached hydrogen (secondary N) is 1. The Morgan fingerprint density at radius 1 is 1.28 bits per heavy atom. The van der Waals surface area contributed by atoms with Gasteiger partial charge in [0.15, 0.2) is 5.96 Å². The summed E-state index contributed by atoms with van der Waals surface area (Å²) in [5.74, 6) is 1.87. The molecule has 25 heavy (non-hydrogen) atoms. The van der Waals surface area contributed by atoms with Gasteiger partial charge in [0.1, 0.15) is 0 Å². The van der Waals surface area contributed by atoms with Crippen molar-refractivity contribution in [2.24, 2.45) is 10.9 Å². The van der Waals surface area contributed by atoms with Crippen LogP contribution < -0.4 is 5.32 Å². The third kappa shape index (κ3) is 5.79. The molecule has 1 atom stereocenters. The Labute approximate surface area is 173 Å². The topological polar surface area (TPSA) is 43.8 Å². The van der Waals surface area contributed by atoms with Crippen LogP contribution in [-0.2, 0) is 6.42 Å². The van der Waals surface area contributed by atoms with Gasteiger partial charge in [0, 0.05) is 44.5 Å². The van der Waals surface area contributed by atoms with Gasteiger partial charge in [-0.3, -0.25) is 4.99 Å². The van der Waals surface area contributed by atoms with Gasteiger partial charge in [-0.15, -0.1) is 35.3 Å². The Kier molecular flexibility index (Phi) is 8.41. The van der Waals surface area contributed by atoms with Crippen LogP contribution in [-0.4, -0.2) is 67.1 Å². The van der Waals surface area contributed by atoms with Crippen LogP contribution >= 0.6 is 35.3 Å². The number of guanidine groups is 1. The lowest BCUT2D eigenvalue weighted by Gasteiger charge is -2.23. The predicted octanol–water partition coefficient (Wildman–Crippen LogP) is 2.91. The van der Waals surface area contributed by atoms with Gasteiger partial charge < -0.3 is 15.1 Å². The quantitative estimate of drug-likeness (QED) is 0.403. The Balaban J connectivity index is 0.00000225. The third-order valence-corrected chi connectivity index (χ3v) is 6.28. The zero-order chi connectivity index (χ0) is 16.9. The molecule has 3 rings (SSSR count). The predicted molar refractivity (Wildman–Crippen MR) is 117 cm³/mol. The molecule has 0 spiro atoms. The van der Waals surface area contributed by atoms with E-state index in [1.165, 1.54) is 49.5 Å². The lowest BCUT2D eigenvalue weighted by atomic mass is 10.1. The minimum absolute atomic E-state index is 0. The molecule has 0 amide bonds. The molecule has 0 aliphatic carbocycles. The zero-order valence-electron chi connectivity index (χ0n) is 15.8. The molecule has 2 fully saturated rings. The summed E-state index contributed by atoms with van der Waals surface area (Å²) in [5, 5.41) is 4.71. The second-order valence-electron chi connectivity index (χ2n) is 7.07. The molecule has 1 aromatic rings. The van der Waals surface area contributed by atoms with Crippen LogP contribution in [0.2, 0.25) is 0 Å². The number of thiazole rings is 1. The fraction of sp³-hybridized carbons (Fsp3) is 0.778. The van der Waals surface area contributed by atoms with Gasteiger partial charge in [0.05, 0.1) is 10.7 Å². The highest BCUT2D eigenvalue weighted by molar-refractivity contribution is 14.0. The van der Waals surface area contributed by atoms with Crippen LogP contribution in [0.15, 0.2) is 4.99 Å². The average molecular weight is 477 g/mol. The number of likely N-dealkylation sites (tertiary alicyclic amines) is 2. The first kappa shape index (κ1) is 20.9. The molecule has 5 nitrogen and oxygen atoms in total. The molecule has 2 saturated heterocycles. The van der Waals surface area contributed by atoms with Crippen molar-refractivity contribution in [3.63, 3.8) is 0 Å². The summed E-state index contributed by atoms with van der Waals surface area (Å²) in [6.07, 6.45) is 5.10. The first-order valence-corrected chi connectivity index (χ1v) is 10.1. The fourth-order valence-electron chi connectivity index (χ4n) is 3.93. The van der Waals surface area contributed by atoms with E-state index in [0.29, 0.717) is 0 Å². The zero-order valence-corrected chi connectivity index (χ0v) is 18.9. The Hall–Kier alpha value is -0.410. The molecular formula is C18H32IN5S. The van der Waals surface area contributed by atoms with Crippen molar-refractivity contribution in [3.05, 3.63) is 15.6 Å².